The molecule has 7 heteroatoms. The zero-order valence-corrected chi connectivity index (χ0v) is 17.6. The summed E-state index contributed by atoms with van der Waals surface area (Å²) in [5, 5.41) is 3.26. The maximum Gasteiger partial charge on any atom is 0.254 e. The van der Waals surface area contributed by atoms with Crippen molar-refractivity contribution in [1.82, 2.24) is 20.0 Å². The van der Waals surface area contributed by atoms with E-state index >= 15 is 0 Å². The van der Waals surface area contributed by atoms with E-state index in [1.54, 1.807) is 4.90 Å². The number of nitrogens with one attached hydrogen (secondary N) is 1. The minimum absolute atomic E-state index is 0.0445. The monoisotopic (exact) mass is 436 g/mol. The Hall–Kier alpha value is -1.44. The van der Waals surface area contributed by atoms with Crippen LogP contribution in [0.5, 0.6) is 0 Å². The predicted molar refractivity (Wildman–Crippen MR) is 110 cm³/mol. The largest absolute Gasteiger partial charge is 0.339 e. The zero-order chi connectivity index (χ0) is 19.2. The molecule has 2 aliphatic rings. The van der Waals surface area contributed by atoms with Gasteiger partial charge in [-0.05, 0) is 50.2 Å². The van der Waals surface area contributed by atoms with E-state index < -0.39 is 0 Å². The minimum atomic E-state index is -0.0612. The van der Waals surface area contributed by atoms with Crippen molar-refractivity contribution in [2.45, 2.75) is 25.8 Å². The van der Waals surface area contributed by atoms with Crippen molar-refractivity contribution in [2.75, 3.05) is 52.4 Å². The van der Waals surface area contributed by atoms with Crippen LogP contribution < -0.4 is 5.32 Å². The van der Waals surface area contributed by atoms with E-state index in [4.69, 9.17) is 0 Å². The second-order valence-corrected chi connectivity index (χ2v) is 8.16. The van der Waals surface area contributed by atoms with E-state index in [0.717, 1.165) is 43.5 Å². The third-order valence-electron chi connectivity index (χ3n) is 5.51. The van der Waals surface area contributed by atoms with Gasteiger partial charge in [0.25, 0.3) is 5.91 Å². The summed E-state index contributed by atoms with van der Waals surface area (Å²) in [5.74, 6) is -0.0167. The van der Waals surface area contributed by atoms with Crippen molar-refractivity contribution in [3.63, 3.8) is 0 Å². The van der Waals surface area contributed by atoms with Crippen molar-refractivity contribution in [3.05, 3.63) is 34.3 Å². The Morgan fingerprint density at radius 2 is 1.89 bits per heavy atom. The summed E-state index contributed by atoms with van der Waals surface area (Å²) in [7, 11) is 0. The van der Waals surface area contributed by atoms with Crippen LogP contribution in [-0.2, 0) is 4.79 Å². The molecule has 1 aromatic carbocycles. The average molecular weight is 437 g/mol. The first-order valence-electron chi connectivity index (χ1n) is 9.86. The maximum absolute atomic E-state index is 13.2. The number of benzene rings is 1. The first-order chi connectivity index (χ1) is 13.1. The number of nitrogens with zero attached hydrogens (tertiary/aromatic N) is 3. The van der Waals surface area contributed by atoms with Gasteiger partial charge in [0.2, 0.25) is 5.91 Å². The smallest absolute Gasteiger partial charge is 0.254 e. The number of carbonyl (C=O) groups is 2. The van der Waals surface area contributed by atoms with Gasteiger partial charge in [-0.2, -0.15) is 0 Å². The summed E-state index contributed by atoms with van der Waals surface area (Å²) >= 11 is 3.41. The number of halogens is 1. The summed E-state index contributed by atoms with van der Waals surface area (Å²) in [4.78, 5) is 32.0. The predicted octanol–water partition coefficient (Wildman–Crippen LogP) is 1.81. The highest BCUT2D eigenvalue weighted by molar-refractivity contribution is 9.10. The SMILES string of the molecule is CCN1CCCC1CN(CC(=O)N1CCNCC1)C(=O)c1ccc(Br)cc1. The van der Waals surface area contributed by atoms with E-state index in [0.29, 0.717) is 31.2 Å². The molecule has 0 aromatic heterocycles. The Kier molecular flexibility index (Phi) is 7.26. The van der Waals surface area contributed by atoms with E-state index in [2.05, 4.69) is 33.1 Å². The fourth-order valence-electron chi connectivity index (χ4n) is 3.94. The lowest BCUT2D eigenvalue weighted by Gasteiger charge is -2.33. The van der Waals surface area contributed by atoms with Crippen LogP contribution in [0.2, 0.25) is 0 Å². The summed E-state index contributed by atoms with van der Waals surface area (Å²) < 4.78 is 0.940. The molecule has 27 heavy (non-hydrogen) atoms. The summed E-state index contributed by atoms with van der Waals surface area (Å²) in [6.45, 7) is 8.04. The lowest BCUT2D eigenvalue weighted by Crippen LogP contribution is -2.52. The Bertz CT molecular complexity index is 646. The standard InChI is InChI=1S/C20H29BrN4O2/c1-2-23-11-3-4-18(23)14-25(15-19(26)24-12-9-22-10-13-24)20(27)16-5-7-17(21)8-6-16/h5-8,18,22H,2-4,9-15H2,1H3. The van der Waals surface area contributed by atoms with Crippen molar-refractivity contribution in [3.8, 4) is 0 Å². The Morgan fingerprint density at radius 3 is 2.56 bits per heavy atom. The molecule has 0 saturated carbocycles. The van der Waals surface area contributed by atoms with Gasteiger partial charge in [-0.25, -0.2) is 0 Å². The van der Waals surface area contributed by atoms with Gasteiger partial charge >= 0.3 is 0 Å². The summed E-state index contributed by atoms with van der Waals surface area (Å²) in [6, 6.07) is 7.72. The number of hydrogen-bond donors (Lipinski definition) is 1. The number of likely N-dealkylation sites (N-methyl/N-ethyl adjacent to an activating group) is 1. The number of amides is 2. The third-order valence-corrected chi connectivity index (χ3v) is 6.04. The van der Waals surface area contributed by atoms with E-state index in [9.17, 15) is 9.59 Å². The van der Waals surface area contributed by atoms with E-state index in [-0.39, 0.29) is 18.4 Å². The third kappa shape index (κ3) is 5.30. The highest BCUT2D eigenvalue weighted by atomic mass is 79.9. The van der Waals surface area contributed by atoms with Crippen molar-refractivity contribution in [2.24, 2.45) is 0 Å². The molecule has 2 heterocycles. The van der Waals surface area contributed by atoms with Crippen LogP contribution >= 0.6 is 15.9 Å². The highest BCUT2D eigenvalue weighted by Gasteiger charge is 2.30. The fourth-order valence-corrected chi connectivity index (χ4v) is 4.21. The minimum Gasteiger partial charge on any atom is -0.339 e. The van der Waals surface area contributed by atoms with Crippen LogP contribution in [0.15, 0.2) is 28.7 Å². The van der Waals surface area contributed by atoms with Crippen LogP contribution in [0.25, 0.3) is 0 Å². The van der Waals surface area contributed by atoms with Gasteiger partial charge in [0.05, 0.1) is 0 Å². The lowest BCUT2D eigenvalue weighted by atomic mass is 10.1. The molecule has 2 fully saturated rings. The van der Waals surface area contributed by atoms with Gasteiger partial charge in [-0.3, -0.25) is 14.5 Å². The molecule has 1 N–H and O–H groups in total. The number of carbonyl (C=O) groups excluding carboxylic acids is 2. The molecule has 2 aliphatic heterocycles. The molecular weight excluding hydrogens is 408 g/mol. The number of piperazine rings is 1. The molecule has 1 atom stereocenters. The van der Waals surface area contributed by atoms with Crippen molar-refractivity contribution >= 4 is 27.7 Å². The zero-order valence-electron chi connectivity index (χ0n) is 16.0. The molecule has 0 aliphatic carbocycles. The molecule has 2 amide bonds. The molecular formula is C20H29BrN4O2. The van der Waals surface area contributed by atoms with Crippen LogP contribution in [0, 0.1) is 0 Å². The van der Waals surface area contributed by atoms with Gasteiger partial charge in [0, 0.05) is 48.8 Å². The van der Waals surface area contributed by atoms with Gasteiger partial charge in [-0.15, -0.1) is 0 Å². The number of hydrogen-bond acceptors (Lipinski definition) is 4. The summed E-state index contributed by atoms with van der Waals surface area (Å²) in [6.07, 6.45) is 2.24. The molecule has 1 aromatic rings. The molecule has 148 valence electrons. The maximum atomic E-state index is 13.2. The van der Waals surface area contributed by atoms with Crippen LogP contribution in [0.4, 0.5) is 0 Å². The Balaban J connectivity index is 1.73. The molecule has 3 rings (SSSR count). The normalized spacial score (nSPS) is 20.7. The Labute approximate surface area is 170 Å². The van der Waals surface area contributed by atoms with Crippen LogP contribution in [0.1, 0.15) is 30.1 Å². The van der Waals surface area contributed by atoms with Gasteiger partial charge in [-0.1, -0.05) is 22.9 Å². The number of likely N-dealkylation sites (tertiary alicyclic amines) is 1. The van der Waals surface area contributed by atoms with Gasteiger partial charge in [0.15, 0.2) is 0 Å². The van der Waals surface area contributed by atoms with Crippen LogP contribution in [0.3, 0.4) is 0 Å². The highest BCUT2D eigenvalue weighted by Crippen LogP contribution is 2.19. The first kappa shape index (κ1) is 20.3. The quantitative estimate of drug-likeness (QED) is 0.738. The fraction of sp³-hybridized carbons (Fsp3) is 0.600. The van der Waals surface area contributed by atoms with Crippen molar-refractivity contribution < 1.29 is 9.59 Å². The van der Waals surface area contributed by atoms with Crippen LogP contribution in [-0.4, -0.2) is 84.9 Å². The van der Waals surface area contributed by atoms with E-state index in [1.165, 1.54) is 0 Å². The molecule has 2 saturated heterocycles. The molecule has 1 unspecified atom stereocenters. The first-order valence-corrected chi connectivity index (χ1v) is 10.6. The van der Waals surface area contributed by atoms with Gasteiger partial charge in [0.1, 0.15) is 6.54 Å². The van der Waals surface area contributed by atoms with Gasteiger partial charge < -0.3 is 15.1 Å². The number of rotatable bonds is 6. The topological polar surface area (TPSA) is 55.9 Å². The second-order valence-electron chi connectivity index (χ2n) is 7.25. The summed E-state index contributed by atoms with van der Waals surface area (Å²) in [5.41, 5.74) is 0.632. The van der Waals surface area contributed by atoms with E-state index in [1.807, 2.05) is 29.2 Å². The average Bonchev–Trinajstić information content (AvgIpc) is 3.15. The van der Waals surface area contributed by atoms with Crippen molar-refractivity contribution in [1.29, 1.82) is 0 Å². The molecule has 0 spiro atoms. The Morgan fingerprint density at radius 1 is 1.19 bits per heavy atom. The second kappa shape index (κ2) is 9.66. The molecule has 0 bridgehead atoms. The molecule has 6 nitrogen and oxygen atoms in total. The lowest BCUT2D eigenvalue weighted by molar-refractivity contribution is -0.132. The molecule has 0 radical (unpaired) electrons.